The molecule has 23 heavy (non-hydrogen) atoms. The molecule has 4 nitrogen and oxygen atoms in total. The van der Waals surface area contributed by atoms with Crippen LogP contribution in [0.15, 0.2) is 28.7 Å². The van der Waals surface area contributed by atoms with Gasteiger partial charge in [-0.1, -0.05) is 36.7 Å². The molecule has 5 heteroatoms. The number of nitrogens with zero attached hydrogens (tertiary/aromatic N) is 1. The molecule has 1 aromatic rings. The van der Waals surface area contributed by atoms with E-state index >= 15 is 0 Å². The Morgan fingerprint density at radius 2 is 2.00 bits per heavy atom. The number of fused-ring (bicyclic) bond motifs is 1. The van der Waals surface area contributed by atoms with Gasteiger partial charge < -0.3 is 14.4 Å². The Morgan fingerprint density at radius 3 is 2.52 bits per heavy atom. The van der Waals surface area contributed by atoms with E-state index in [1.807, 2.05) is 17.0 Å². The van der Waals surface area contributed by atoms with Crippen molar-refractivity contribution in [1.29, 1.82) is 0 Å². The van der Waals surface area contributed by atoms with E-state index in [1.54, 1.807) is 19.2 Å². The van der Waals surface area contributed by atoms with Gasteiger partial charge in [-0.25, -0.2) is 4.79 Å². The SMILES string of the molecule is COCC1C2CN(C(=O)Oc3ccc(Br)cc3)CC12C(C)(C)C. The molecule has 1 aliphatic carbocycles. The highest BCUT2D eigenvalue weighted by Gasteiger charge is 2.73. The molecule has 1 heterocycles. The lowest BCUT2D eigenvalue weighted by Gasteiger charge is -2.33. The zero-order valence-corrected chi connectivity index (χ0v) is 15.7. The number of likely N-dealkylation sites (tertiary alicyclic amines) is 1. The molecule has 1 saturated heterocycles. The molecule has 1 aromatic carbocycles. The highest BCUT2D eigenvalue weighted by atomic mass is 79.9. The van der Waals surface area contributed by atoms with Crippen LogP contribution in [0.1, 0.15) is 20.8 Å². The average molecular weight is 382 g/mol. The highest BCUT2D eigenvalue weighted by molar-refractivity contribution is 9.10. The fourth-order valence-corrected chi connectivity index (χ4v) is 4.61. The van der Waals surface area contributed by atoms with Gasteiger partial charge in [-0.15, -0.1) is 0 Å². The maximum Gasteiger partial charge on any atom is 0.415 e. The summed E-state index contributed by atoms with van der Waals surface area (Å²) in [4.78, 5) is 14.3. The average Bonchev–Trinajstić information content (AvgIpc) is 2.91. The Morgan fingerprint density at radius 1 is 1.35 bits per heavy atom. The van der Waals surface area contributed by atoms with Crippen molar-refractivity contribution in [3.8, 4) is 5.75 Å². The maximum atomic E-state index is 12.5. The lowest BCUT2D eigenvalue weighted by molar-refractivity contribution is 0.0980. The molecular formula is C18H24BrNO3. The van der Waals surface area contributed by atoms with Crippen LogP contribution in [0.25, 0.3) is 0 Å². The topological polar surface area (TPSA) is 38.8 Å². The van der Waals surface area contributed by atoms with Crippen molar-refractivity contribution in [3.63, 3.8) is 0 Å². The second kappa shape index (κ2) is 5.78. The Labute approximate surface area is 146 Å². The fraction of sp³-hybridized carbons (Fsp3) is 0.611. The van der Waals surface area contributed by atoms with Gasteiger partial charge in [-0.3, -0.25) is 0 Å². The molecule has 3 rings (SSSR count). The number of hydrogen-bond acceptors (Lipinski definition) is 3. The van der Waals surface area contributed by atoms with Crippen LogP contribution >= 0.6 is 15.9 Å². The number of piperidine rings is 1. The van der Waals surface area contributed by atoms with E-state index in [-0.39, 0.29) is 16.9 Å². The van der Waals surface area contributed by atoms with Gasteiger partial charge in [0.2, 0.25) is 0 Å². The molecule has 1 saturated carbocycles. The van der Waals surface area contributed by atoms with Crippen molar-refractivity contribution in [3.05, 3.63) is 28.7 Å². The van der Waals surface area contributed by atoms with Crippen LogP contribution in [0.3, 0.4) is 0 Å². The summed E-state index contributed by atoms with van der Waals surface area (Å²) in [6, 6.07) is 7.34. The maximum absolute atomic E-state index is 12.5. The third kappa shape index (κ3) is 2.78. The van der Waals surface area contributed by atoms with Gasteiger partial charge in [-0.2, -0.15) is 0 Å². The fourth-order valence-electron chi connectivity index (χ4n) is 4.35. The summed E-state index contributed by atoms with van der Waals surface area (Å²) in [5, 5.41) is 0. The largest absolute Gasteiger partial charge is 0.415 e. The zero-order chi connectivity index (χ0) is 16.8. The van der Waals surface area contributed by atoms with Crippen molar-refractivity contribution in [2.24, 2.45) is 22.7 Å². The van der Waals surface area contributed by atoms with Crippen molar-refractivity contribution in [2.45, 2.75) is 20.8 Å². The first-order valence-corrected chi connectivity index (χ1v) is 8.80. The Hall–Kier alpha value is -1.07. The summed E-state index contributed by atoms with van der Waals surface area (Å²) in [7, 11) is 1.75. The Balaban J connectivity index is 1.68. The van der Waals surface area contributed by atoms with E-state index < -0.39 is 0 Å². The van der Waals surface area contributed by atoms with Crippen molar-refractivity contribution in [2.75, 3.05) is 26.8 Å². The standard InChI is InChI=1S/C18H24BrNO3/c1-17(2,3)18-11-20(9-14(18)15(18)10-22-4)16(21)23-13-7-5-12(19)6-8-13/h5-8,14-15H,9-11H2,1-4H3. The van der Waals surface area contributed by atoms with Gasteiger partial charge in [0, 0.05) is 36.7 Å². The van der Waals surface area contributed by atoms with Crippen LogP contribution in [0.4, 0.5) is 4.79 Å². The lowest BCUT2D eigenvalue weighted by Crippen LogP contribution is -2.39. The summed E-state index contributed by atoms with van der Waals surface area (Å²) in [5.41, 5.74) is 0.301. The second-order valence-electron chi connectivity index (χ2n) is 7.66. The normalized spacial score (nSPS) is 29.3. The molecule has 0 N–H and O–H groups in total. The predicted molar refractivity (Wildman–Crippen MR) is 92.5 cm³/mol. The van der Waals surface area contributed by atoms with Crippen LogP contribution in [-0.4, -0.2) is 37.8 Å². The number of carbonyl (C=O) groups excluding carboxylic acids is 1. The van der Waals surface area contributed by atoms with Crippen LogP contribution < -0.4 is 4.74 Å². The first-order valence-electron chi connectivity index (χ1n) is 8.01. The van der Waals surface area contributed by atoms with E-state index in [4.69, 9.17) is 9.47 Å². The number of methoxy groups -OCH3 is 1. The molecule has 0 spiro atoms. The van der Waals surface area contributed by atoms with Gasteiger partial charge in [0.15, 0.2) is 0 Å². The molecule has 2 fully saturated rings. The summed E-state index contributed by atoms with van der Waals surface area (Å²) in [6.45, 7) is 9.08. The van der Waals surface area contributed by atoms with Gasteiger partial charge in [0.25, 0.3) is 0 Å². The Bertz CT molecular complexity index is 595. The number of benzene rings is 1. The van der Waals surface area contributed by atoms with Gasteiger partial charge in [0.1, 0.15) is 5.75 Å². The van der Waals surface area contributed by atoms with Crippen molar-refractivity contribution in [1.82, 2.24) is 4.90 Å². The van der Waals surface area contributed by atoms with Crippen molar-refractivity contribution < 1.29 is 14.3 Å². The molecule has 0 aromatic heterocycles. The predicted octanol–water partition coefficient (Wildman–Crippen LogP) is 4.19. The van der Waals surface area contributed by atoms with E-state index in [0.717, 1.165) is 24.2 Å². The monoisotopic (exact) mass is 381 g/mol. The van der Waals surface area contributed by atoms with Crippen LogP contribution in [0.2, 0.25) is 0 Å². The molecule has 1 aliphatic heterocycles. The molecule has 3 atom stereocenters. The molecular weight excluding hydrogens is 358 g/mol. The minimum Gasteiger partial charge on any atom is -0.410 e. The zero-order valence-electron chi connectivity index (χ0n) is 14.1. The highest BCUT2D eigenvalue weighted by Crippen LogP contribution is 2.71. The van der Waals surface area contributed by atoms with Crippen molar-refractivity contribution >= 4 is 22.0 Å². The molecule has 0 bridgehead atoms. The van der Waals surface area contributed by atoms with E-state index in [0.29, 0.717) is 17.6 Å². The van der Waals surface area contributed by atoms with Crippen LogP contribution in [0, 0.1) is 22.7 Å². The minimum atomic E-state index is -0.251. The summed E-state index contributed by atoms with van der Waals surface area (Å²) in [6.07, 6.45) is -0.251. The molecule has 126 valence electrons. The Kier molecular flexibility index (Phi) is 4.21. The summed E-state index contributed by atoms with van der Waals surface area (Å²) >= 11 is 3.38. The van der Waals surface area contributed by atoms with Crippen LogP contribution in [0.5, 0.6) is 5.75 Å². The van der Waals surface area contributed by atoms with Gasteiger partial charge in [-0.05, 0) is 41.5 Å². The molecule has 0 radical (unpaired) electrons. The number of carbonyl (C=O) groups is 1. The number of halogens is 1. The van der Waals surface area contributed by atoms with E-state index in [9.17, 15) is 4.79 Å². The van der Waals surface area contributed by atoms with Gasteiger partial charge in [0.05, 0.1) is 0 Å². The third-order valence-electron chi connectivity index (χ3n) is 5.59. The molecule has 2 aliphatic rings. The number of ether oxygens (including phenoxy) is 2. The summed E-state index contributed by atoms with van der Waals surface area (Å²) < 4.78 is 11.9. The summed E-state index contributed by atoms with van der Waals surface area (Å²) in [5.74, 6) is 1.64. The first-order chi connectivity index (χ1) is 10.8. The second-order valence-corrected chi connectivity index (χ2v) is 8.58. The lowest BCUT2D eigenvalue weighted by atomic mass is 9.75. The van der Waals surface area contributed by atoms with E-state index in [2.05, 4.69) is 36.7 Å². The third-order valence-corrected chi connectivity index (χ3v) is 6.12. The number of hydrogen-bond donors (Lipinski definition) is 0. The molecule has 3 unspecified atom stereocenters. The molecule has 1 amide bonds. The quantitative estimate of drug-likeness (QED) is 0.787. The van der Waals surface area contributed by atoms with Crippen LogP contribution in [-0.2, 0) is 4.74 Å². The van der Waals surface area contributed by atoms with E-state index in [1.165, 1.54) is 0 Å². The smallest absolute Gasteiger partial charge is 0.410 e. The number of amides is 1. The minimum absolute atomic E-state index is 0.146. The van der Waals surface area contributed by atoms with Gasteiger partial charge >= 0.3 is 6.09 Å². The first kappa shape index (κ1) is 16.8. The number of rotatable bonds is 3.